The van der Waals surface area contributed by atoms with Gasteiger partial charge in [0.1, 0.15) is 0 Å². The summed E-state index contributed by atoms with van der Waals surface area (Å²) in [5.74, 6) is 0.461. The molecule has 1 aromatic heterocycles. The van der Waals surface area contributed by atoms with Crippen LogP contribution in [0, 0.1) is 0 Å². The third kappa shape index (κ3) is 6.91. The standard InChI is InChI=1S/C13H22F3N3O/c1-4-5-19(9-13(14,15)16)8-12-6-11(18-20-12)7-17-10(2)3/h6,10,17H,4-5,7-9H2,1-3H3. The van der Waals surface area contributed by atoms with Crippen molar-refractivity contribution in [1.82, 2.24) is 15.4 Å². The Bertz CT molecular complexity index is 390. The van der Waals surface area contributed by atoms with Crippen LogP contribution in [0.4, 0.5) is 13.2 Å². The average molecular weight is 293 g/mol. The number of hydrogen-bond donors (Lipinski definition) is 1. The van der Waals surface area contributed by atoms with E-state index in [0.29, 0.717) is 37.0 Å². The van der Waals surface area contributed by atoms with Crippen molar-refractivity contribution in [2.45, 2.75) is 52.5 Å². The van der Waals surface area contributed by atoms with Gasteiger partial charge >= 0.3 is 6.18 Å². The summed E-state index contributed by atoms with van der Waals surface area (Å²) in [5, 5.41) is 7.03. The molecule has 0 spiro atoms. The third-order valence-corrected chi connectivity index (χ3v) is 2.62. The van der Waals surface area contributed by atoms with Gasteiger partial charge in [-0.15, -0.1) is 0 Å². The van der Waals surface area contributed by atoms with Crippen molar-refractivity contribution < 1.29 is 17.7 Å². The summed E-state index contributed by atoms with van der Waals surface area (Å²) >= 11 is 0. The maximum absolute atomic E-state index is 12.4. The highest BCUT2D eigenvalue weighted by Crippen LogP contribution is 2.18. The number of hydrogen-bond acceptors (Lipinski definition) is 4. The molecule has 1 aromatic rings. The van der Waals surface area contributed by atoms with Gasteiger partial charge in [-0.2, -0.15) is 13.2 Å². The lowest BCUT2D eigenvalue weighted by Crippen LogP contribution is -2.34. The molecule has 0 amide bonds. The summed E-state index contributed by atoms with van der Waals surface area (Å²) in [6, 6.07) is 2.02. The zero-order valence-electron chi connectivity index (χ0n) is 12.1. The van der Waals surface area contributed by atoms with Crippen LogP contribution in [-0.4, -0.2) is 35.4 Å². The van der Waals surface area contributed by atoms with Gasteiger partial charge in [0, 0.05) is 18.7 Å². The molecule has 0 unspecified atom stereocenters. The molecule has 0 aliphatic rings. The largest absolute Gasteiger partial charge is 0.401 e. The molecule has 20 heavy (non-hydrogen) atoms. The fourth-order valence-corrected chi connectivity index (χ4v) is 1.83. The molecule has 116 valence electrons. The number of alkyl halides is 3. The van der Waals surface area contributed by atoms with Crippen molar-refractivity contribution in [3.63, 3.8) is 0 Å². The van der Waals surface area contributed by atoms with Crippen LogP contribution in [0.2, 0.25) is 0 Å². The van der Waals surface area contributed by atoms with E-state index >= 15 is 0 Å². The van der Waals surface area contributed by atoms with E-state index in [-0.39, 0.29) is 6.54 Å². The Kier molecular flexibility index (Phi) is 6.48. The smallest absolute Gasteiger partial charge is 0.360 e. The first-order chi connectivity index (χ1) is 9.30. The molecule has 0 fully saturated rings. The first-order valence-electron chi connectivity index (χ1n) is 6.77. The quantitative estimate of drug-likeness (QED) is 0.800. The van der Waals surface area contributed by atoms with Crippen LogP contribution in [0.25, 0.3) is 0 Å². The van der Waals surface area contributed by atoms with Crippen LogP contribution in [0.3, 0.4) is 0 Å². The highest BCUT2D eigenvalue weighted by Gasteiger charge is 2.30. The zero-order valence-corrected chi connectivity index (χ0v) is 12.1. The maximum Gasteiger partial charge on any atom is 0.401 e. The highest BCUT2D eigenvalue weighted by atomic mass is 19.4. The summed E-state index contributed by atoms with van der Waals surface area (Å²) in [6.07, 6.45) is -3.54. The SMILES string of the molecule is CCCN(Cc1cc(CNC(C)C)no1)CC(F)(F)F. The maximum atomic E-state index is 12.4. The molecule has 4 nitrogen and oxygen atoms in total. The molecule has 0 saturated carbocycles. The highest BCUT2D eigenvalue weighted by molar-refractivity contribution is 5.05. The normalized spacial score (nSPS) is 12.6. The predicted octanol–water partition coefficient (Wildman–Crippen LogP) is 2.95. The molecular weight excluding hydrogens is 271 g/mol. The molecule has 0 aliphatic heterocycles. The second kappa shape index (κ2) is 7.64. The van der Waals surface area contributed by atoms with Crippen LogP contribution < -0.4 is 5.32 Å². The lowest BCUT2D eigenvalue weighted by molar-refractivity contribution is -0.147. The summed E-state index contributed by atoms with van der Waals surface area (Å²) in [6.45, 7) is 5.99. The summed E-state index contributed by atoms with van der Waals surface area (Å²) < 4.78 is 42.4. The van der Waals surface area contributed by atoms with Crippen molar-refractivity contribution in [3.05, 3.63) is 17.5 Å². The molecule has 0 aliphatic carbocycles. The van der Waals surface area contributed by atoms with Gasteiger partial charge in [0.15, 0.2) is 5.76 Å². The van der Waals surface area contributed by atoms with Crippen LogP contribution in [0.5, 0.6) is 0 Å². The number of halogens is 3. The van der Waals surface area contributed by atoms with Crippen molar-refractivity contribution in [3.8, 4) is 0 Å². The molecule has 1 N–H and O–H groups in total. The Morgan fingerprint density at radius 2 is 2.10 bits per heavy atom. The average Bonchev–Trinajstić information content (AvgIpc) is 2.72. The fourth-order valence-electron chi connectivity index (χ4n) is 1.83. The number of rotatable bonds is 8. The number of nitrogens with one attached hydrogen (secondary N) is 1. The minimum atomic E-state index is -4.20. The first-order valence-corrected chi connectivity index (χ1v) is 6.77. The minimum absolute atomic E-state index is 0.127. The lowest BCUT2D eigenvalue weighted by atomic mass is 10.3. The van der Waals surface area contributed by atoms with Gasteiger partial charge in [-0.25, -0.2) is 0 Å². The molecule has 1 rings (SSSR count). The van der Waals surface area contributed by atoms with Gasteiger partial charge in [0.2, 0.25) is 0 Å². The van der Waals surface area contributed by atoms with Gasteiger partial charge < -0.3 is 9.84 Å². The molecule has 0 aromatic carbocycles. The Morgan fingerprint density at radius 3 is 2.65 bits per heavy atom. The van der Waals surface area contributed by atoms with Gasteiger partial charge in [0.25, 0.3) is 0 Å². The molecule has 0 atom stereocenters. The van der Waals surface area contributed by atoms with Gasteiger partial charge in [-0.05, 0) is 13.0 Å². The fraction of sp³-hybridized carbons (Fsp3) is 0.769. The van der Waals surface area contributed by atoms with Gasteiger partial charge in [0.05, 0.1) is 18.8 Å². The summed E-state index contributed by atoms with van der Waals surface area (Å²) in [5.41, 5.74) is 0.706. The Balaban J connectivity index is 2.55. The van der Waals surface area contributed by atoms with E-state index in [2.05, 4.69) is 10.5 Å². The van der Waals surface area contributed by atoms with E-state index in [1.165, 1.54) is 4.90 Å². The zero-order chi connectivity index (χ0) is 15.2. The second-order valence-electron chi connectivity index (χ2n) is 5.15. The molecule has 7 heteroatoms. The monoisotopic (exact) mass is 293 g/mol. The Hall–Kier alpha value is -1.08. The molecule has 1 heterocycles. The van der Waals surface area contributed by atoms with E-state index < -0.39 is 12.7 Å². The van der Waals surface area contributed by atoms with E-state index in [0.717, 1.165) is 0 Å². The molecule has 0 bridgehead atoms. The molecule has 0 radical (unpaired) electrons. The Morgan fingerprint density at radius 1 is 1.40 bits per heavy atom. The van der Waals surface area contributed by atoms with E-state index in [1.807, 2.05) is 20.8 Å². The summed E-state index contributed by atoms with van der Waals surface area (Å²) in [4.78, 5) is 1.32. The second-order valence-corrected chi connectivity index (χ2v) is 5.15. The number of nitrogens with zero attached hydrogens (tertiary/aromatic N) is 2. The van der Waals surface area contributed by atoms with Gasteiger partial charge in [-0.3, -0.25) is 4.90 Å². The molecule has 0 saturated heterocycles. The molecular formula is C13H22F3N3O. The summed E-state index contributed by atoms with van der Waals surface area (Å²) in [7, 11) is 0. The van der Waals surface area contributed by atoms with Crippen LogP contribution >= 0.6 is 0 Å². The first kappa shape index (κ1) is 17.0. The topological polar surface area (TPSA) is 41.3 Å². The number of aromatic nitrogens is 1. The third-order valence-electron chi connectivity index (χ3n) is 2.62. The minimum Gasteiger partial charge on any atom is -0.360 e. The van der Waals surface area contributed by atoms with Crippen LogP contribution in [-0.2, 0) is 13.1 Å². The van der Waals surface area contributed by atoms with Crippen LogP contribution in [0.1, 0.15) is 38.6 Å². The van der Waals surface area contributed by atoms with Crippen molar-refractivity contribution in [2.24, 2.45) is 0 Å². The van der Waals surface area contributed by atoms with Crippen LogP contribution in [0.15, 0.2) is 10.6 Å². The van der Waals surface area contributed by atoms with Crippen molar-refractivity contribution >= 4 is 0 Å². The van der Waals surface area contributed by atoms with Gasteiger partial charge in [-0.1, -0.05) is 25.9 Å². The lowest BCUT2D eigenvalue weighted by Gasteiger charge is -2.21. The van der Waals surface area contributed by atoms with E-state index in [9.17, 15) is 13.2 Å². The predicted molar refractivity (Wildman–Crippen MR) is 70.1 cm³/mol. The van der Waals surface area contributed by atoms with Crippen molar-refractivity contribution in [1.29, 1.82) is 0 Å². The van der Waals surface area contributed by atoms with Crippen molar-refractivity contribution in [2.75, 3.05) is 13.1 Å². The van der Waals surface area contributed by atoms with E-state index in [4.69, 9.17) is 4.52 Å². The van der Waals surface area contributed by atoms with E-state index in [1.54, 1.807) is 6.07 Å². The Labute approximate surface area is 117 Å².